The number of thioether (sulfide) groups is 2. The lowest BCUT2D eigenvalue weighted by molar-refractivity contribution is 0.870. The van der Waals surface area contributed by atoms with E-state index in [0.29, 0.717) is 16.4 Å². The highest BCUT2D eigenvalue weighted by atomic mass is 35.5. The molecule has 0 bridgehead atoms. The van der Waals surface area contributed by atoms with Gasteiger partial charge in [-0.15, -0.1) is 23.4 Å². The third-order valence-corrected chi connectivity index (χ3v) is 6.33. The predicted octanol–water partition coefficient (Wildman–Crippen LogP) is 3.45. The van der Waals surface area contributed by atoms with E-state index in [4.69, 9.17) is 11.6 Å². The summed E-state index contributed by atoms with van der Waals surface area (Å²) in [5.74, 6) is 2.75. The van der Waals surface area contributed by atoms with Gasteiger partial charge in [0.1, 0.15) is 5.82 Å². The Morgan fingerprint density at radius 3 is 2.93 bits per heavy atom. The van der Waals surface area contributed by atoms with Gasteiger partial charge >= 0.3 is 0 Å². The zero-order valence-electron chi connectivity index (χ0n) is 8.87. The Morgan fingerprint density at radius 2 is 2.33 bits per heavy atom. The summed E-state index contributed by atoms with van der Waals surface area (Å²) in [6.45, 7) is 4.59. The molecule has 1 N–H and O–H groups in total. The van der Waals surface area contributed by atoms with Crippen molar-refractivity contribution in [2.24, 2.45) is 0 Å². The van der Waals surface area contributed by atoms with Crippen molar-refractivity contribution >= 4 is 35.1 Å². The Balaban J connectivity index is 2.05. The van der Waals surface area contributed by atoms with E-state index >= 15 is 0 Å². The number of hydrogen-bond donors (Lipinski definition) is 1. The standard InChI is InChI=1S/C10H15ClN2S2/c1-6-7(2)15-9(5-14-6)10-12-4-8(3-11)13-10/h4,6-7,9H,3,5H2,1-2H3,(H,12,13). The van der Waals surface area contributed by atoms with Gasteiger partial charge < -0.3 is 4.98 Å². The van der Waals surface area contributed by atoms with Gasteiger partial charge in [0.15, 0.2) is 0 Å². The summed E-state index contributed by atoms with van der Waals surface area (Å²) in [4.78, 5) is 7.69. The van der Waals surface area contributed by atoms with Crippen molar-refractivity contribution in [1.82, 2.24) is 9.97 Å². The molecule has 1 saturated heterocycles. The molecule has 3 unspecified atom stereocenters. The molecule has 1 aromatic heterocycles. The molecule has 2 rings (SSSR count). The maximum atomic E-state index is 5.75. The third-order valence-electron chi connectivity index (χ3n) is 2.65. The number of rotatable bonds is 2. The Bertz CT molecular complexity index is 329. The molecule has 0 amide bonds. The van der Waals surface area contributed by atoms with Crippen LogP contribution < -0.4 is 0 Å². The van der Waals surface area contributed by atoms with E-state index in [9.17, 15) is 0 Å². The molecule has 0 saturated carbocycles. The minimum atomic E-state index is 0.498. The number of nitrogens with one attached hydrogen (secondary N) is 1. The summed E-state index contributed by atoms with van der Waals surface area (Å²) >= 11 is 9.79. The van der Waals surface area contributed by atoms with Crippen LogP contribution in [0.3, 0.4) is 0 Å². The van der Waals surface area contributed by atoms with E-state index in [1.165, 1.54) is 0 Å². The number of aromatic amines is 1. The third kappa shape index (κ3) is 2.66. The van der Waals surface area contributed by atoms with Gasteiger partial charge in [0, 0.05) is 28.1 Å². The second kappa shape index (κ2) is 5.02. The van der Waals surface area contributed by atoms with E-state index in [0.717, 1.165) is 22.5 Å². The summed E-state index contributed by atoms with van der Waals surface area (Å²) in [6.07, 6.45) is 1.84. The highest BCUT2D eigenvalue weighted by Gasteiger charge is 2.28. The van der Waals surface area contributed by atoms with Gasteiger partial charge in [-0.3, -0.25) is 0 Å². The Labute approximate surface area is 104 Å². The fraction of sp³-hybridized carbons (Fsp3) is 0.700. The van der Waals surface area contributed by atoms with Gasteiger partial charge in [-0.25, -0.2) is 4.98 Å². The Morgan fingerprint density at radius 1 is 1.53 bits per heavy atom. The highest BCUT2D eigenvalue weighted by Crippen LogP contribution is 2.43. The van der Waals surface area contributed by atoms with Gasteiger partial charge in [-0.1, -0.05) is 13.8 Å². The van der Waals surface area contributed by atoms with Crippen LogP contribution in [-0.4, -0.2) is 26.2 Å². The van der Waals surface area contributed by atoms with E-state index in [1.807, 2.05) is 29.7 Å². The average Bonchev–Trinajstić information content (AvgIpc) is 2.70. The monoisotopic (exact) mass is 262 g/mol. The first-order chi connectivity index (χ1) is 7.20. The topological polar surface area (TPSA) is 28.7 Å². The van der Waals surface area contributed by atoms with Gasteiger partial charge in [0.05, 0.1) is 11.1 Å². The fourth-order valence-electron chi connectivity index (χ4n) is 1.54. The van der Waals surface area contributed by atoms with Crippen molar-refractivity contribution in [3.05, 3.63) is 17.7 Å². The molecule has 1 aromatic rings. The van der Waals surface area contributed by atoms with E-state index in [-0.39, 0.29) is 0 Å². The van der Waals surface area contributed by atoms with Gasteiger partial charge in [-0.05, 0) is 0 Å². The van der Waals surface area contributed by atoms with Crippen molar-refractivity contribution < 1.29 is 0 Å². The number of alkyl halides is 1. The average molecular weight is 263 g/mol. The summed E-state index contributed by atoms with van der Waals surface area (Å²) < 4.78 is 0. The molecule has 84 valence electrons. The molecular weight excluding hydrogens is 248 g/mol. The maximum absolute atomic E-state index is 5.75. The second-order valence-electron chi connectivity index (χ2n) is 3.80. The van der Waals surface area contributed by atoms with E-state index < -0.39 is 0 Å². The number of halogens is 1. The summed E-state index contributed by atoms with van der Waals surface area (Å²) in [6, 6.07) is 0. The highest BCUT2D eigenvalue weighted by molar-refractivity contribution is 8.07. The number of nitrogens with zero attached hydrogens (tertiary/aromatic N) is 1. The summed E-state index contributed by atoms with van der Waals surface area (Å²) in [7, 11) is 0. The number of imidazole rings is 1. The van der Waals surface area contributed by atoms with Crippen LogP contribution in [0, 0.1) is 0 Å². The lowest BCUT2D eigenvalue weighted by atomic mass is 10.3. The van der Waals surface area contributed by atoms with Crippen LogP contribution in [0.15, 0.2) is 6.20 Å². The van der Waals surface area contributed by atoms with Crippen molar-refractivity contribution in [2.75, 3.05) is 5.75 Å². The molecule has 15 heavy (non-hydrogen) atoms. The second-order valence-corrected chi connectivity index (χ2v) is 7.06. The summed E-state index contributed by atoms with van der Waals surface area (Å²) in [5, 5.41) is 1.94. The van der Waals surface area contributed by atoms with Gasteiger partial charge in [0.25, 0.3) is 0 Å². The first-order valence-electron chi connectivity index (χ1n) is 5.07. The molecule has 3 atom stereocenters. The molecule has 1 aliphatic heterocycles. The SMILES string of the molecule is CC1SCC(c2ncc(CCl)[nH]2)SC1C. The lowest BCUT2D eigenvalue weighted by Gasteiger charge is -2.30. The summed E-state index contributed by atoms with van der Waals surface area (Å²) in [5.41, 5.74) is 1.02. The molecular formula is C10H15ClN2S2. The van der Waals surface area contributed by atoms with Crippen LogP contribution >= 0.6 is 35.1 Å². The molecule has 2 nitrogen and oxygen atoms in total. The minimum absolute atomic E-state index is 0.498. The largest absolute Gasteiger partial charge is 0.344 e. The Kier molecular flexibility index (Phi) is 3.91. The number of hydrogen-bond acceptors (Lipinski definition) is 3. The smallest absolute Gasteiger partial charge is 0.120 e. The number of H-pyrrole nitrogens is 1. The quantitative estimate of drug-likeness (QED) is 0.828. The molecule has 0 aromatic carbocycles. The van der Waals surface area contributed by atoms with Crippen molar-refractivity contribution in [3.63, 3.8) is 0 Å². The molecule has 0 spiro atoms. The predicted molar refractivity (Wildman–Crippen MR) is 69.9 cm³/mol. The molecule has 1 fully saturated rings. The molecule has 1 aliphatic rings. The van der Waals surface area contributed by atoms with Gasteiger partial charge in [-0.2, -0.15) is 11.8 Å². The van der Waals surface area contributed by atoms with Crippen molar-refractivity contribution in [2.45, 2.75) is 35.5 Å². The fourth-order valence-corrected chi connectivity index (χ4v) is 4.54. The van der Waals surface area contributed by atoms with Crippen molar-refractivity contribution in [1.29, 1.82) is 0 Å². The maximum Gasteiger partial charge on any atom is 0.120 e. The van der Waals surface area contributed by atoms with Crippen LogP contribution in [0.5, 0.6) is 0 Å². The normalized spacial score (nSPS) is 31.8. The van der Waals surface area contributed by atoms with E-state index in [1.54, 1.807) is 0 Å². The zero-order chi connectivity index (χ0) is 10.8. The molecule has 0 radical (unpaired) electrons. The molecule has 5 heteroatoms. The Hall–Kier alpha value is 0.200. The first kappa shape index (κ1) is 11.7. The van der Waals surface area contributed by atoms with Crippen molar-refractivity contribution in [3.8, 4) is 0 Å². The van der Waals surface area contributed by atoms with Crippen LogP contribution in [0.4, 0.5) is 0 Å². The van der Waals surface area contributed by atoms with Crippen LogP contribution in [0.25, 0.3) is 0 Å². The number of aromatic nitrogens is 2. The zero-order valence-corrected chi connectivity index (χ0v) is 11.3. The molecule has 0 aliphatic carbocycles. The van der Waals surface area contributed by atoms with Crippen LogP contribution in [0.1, 0.15) is 30.6 Å². The van der Waals surface area contributed by atoms with Gasteiger partial charge in [0.2, 0.25) is 0 Å². The van der Waals surface area contributed by atoms with Crippen LogP contribution in [-0.2, 0) is 5.88 Å². The lowest BCUT2D eigenvalue weighted by Crippen LogP contribution is -2.22. The van der Waals surface area contributed by atoms with Crippen LogP contribution in [0.2, 0.25) is 0 Å². The van der Waals surface area contributed by atoms with E-state index in [2.05, 4.69) is 23.8 Å². The first-order valence-corrected chi connectivity index (χ1v) is 7.60. The molecule has 2 heterocycles. The minimum Gasteiger partial charge on any atom is -0.344 e.